The van der Waals surface area contributed by atoms with Gasteiger partial charge in [0.15, 0.2) is 0 Å². The van der Waals surface area contributed by atoms with Crippen molar-refractivity contribution in [2.24, 2.45) is 5.92 Å². The Labute approximate surface area is 77.0 Å². The second-order valence-electron chi connectivity index (χ2n) is 3.54. The van der Waals surface area contributed by atoms with Crippen LogP contribution in [0.25, 0.3) is 0 Å². The molecule has 13 heavy (non-hydrogen) atoms. The van der Waals surface area contributed by atoms with Crippen molar-refractivity contribution in [1.82, 2.24) is 5.32 Å². The average molecular weight is 191 g/mol. The summed E-state index contributed by atoms with van der Waals surface area (Å²) >= 11 is 0. The highest BCUT2D eigenvalue weighted by Crippen LogP contribution is 2.15. The van der Waals surface area contributed by atoms with Gasteiger partial charge >= 0.3 is 0 Å². The summed E-state index contributed by atoms with van der Waals surface area (Å²) in [6.45, 7) is 0.529. The van der Waals surface area contributed by atoms with Crippen molar-refractivity contribution in [1.29, 1.82) is 0 Å². The van der Waals surface area contributed by atoms with Gasteiger partial charge in [-0.1, -0.05) is 0 Å². The van der Waals surface area contributed by atoms with Gasteiger partial charge in [0, 0.05) is 19.0 Å². The molecular formula is C8H17NO4. The molecule has 5 nitrogen and oxygen atoms in total. The Hall–Kier alpha value is -0.200. The number of hydrogen-bond donors (Lipinski definition) is 5. The molecule has 0 amide bonds. The highest BCUT2D eigenvalue weighted by molar-refractivity contribution is 4.82. The number of aliphatic hydroxyl groups is 4. The van der Waals surface area contributed by atoms with Gasteiger partial charge in [-0.25, -0.2) is 0 Å². The summed E-state index contributed by atoms with van der Waals surface area (Å²) in [6, 6.07) is 0. The lowest BCUT2D eigenvalue weighted by Gasteiger charge is -2.21. The van der Waals surface area contributed by atoms with E-state index in [1.807, 2.05) is 0 Å². The van der Waals surface area contributed by atoms with E-state index in [0.717, 1.165) is 0 Å². The molecule has 1 aliphatic heterocycles. The molecule has 78 valence electrons. The predicted octanol–water partition coefficient (Wildman–Crippen LogP) is -2.33. The first-order valence-electron chi connectivity index (χ1n) is 4.51. The molecule has 1 rings (SSSR count). The molecular weight excluding hydrogens is 174 g/mol. The third-order valence-electron chi connectivity index (χ3n) is 2.48. The van der Waals surface area contributed by atoms with E-state index in [1.54, 1.807) is 0 Å². The zero-order chi connectivity index (χ0) is 9.84. The minimum Gasteiger partial charge on any atom is -0.394 e. The van der Waals surface area contributed by atoms with Gasteiger partial charge in [0.25, 0.3) is 0 Å². The van der Waals surface area contributed by atoms with E-state index in [9.17, 15) is 15.3 Å². The molecule has 0 aromatic carbocycles. The van der Waals surface area contributed by atoms with Crippen molar-refractivity contribution in [2.45, 2.75) is 24.7 Å². The predicted molar refractivity (Wildman–Crippen MR) is 46.1 cm³/mol. The van der Waals surface area contributed by atoms with Gasteiger partial charge in [0.1, 0.15) is 0 Å². The molecule has 5 N–H and O–H groups in total. The monoisotopic (exact) mass is 191 g/mol. The van der Waals surface area contributed by atoms with Crippen LogP contribution in [0.2, 0.25) is 0 Å². The minimum atomic E-state index is -0.826. The Morgan fingerprint density at radius 1 is 1.23 bits per heavy atom. The summed E-state index contributed by atoms with van der Waals surface area (Å²) < 4.78 is 0. The molecule has 0 saturated carbocycles. The zero-order valence-electron chi connectivity index (χ0n) is 7.43. The molecule has 5 heteroatoms. The molecule has 1 heterocycles. The molecule has 1 fully saturated rings. The summed E-state index contributed by atoms with van der Waals surface area (Å²) in [5.74, 6) is -0.197. The standard InChI is InChI=1S/C8H17NO4/c10-4-8(13)5-1-6(11)7(12)3-9-2-5/h5-13H,1-4H2/t5-,6+,7-,8-/m1/s1. The topological polar surface area (TPSA) is 93.0 Å². The van der Waals surface area contributed by atoms with E-state index in [1.165, 1.54) is 0 Å². The Morgan fingerprint density at radius 2 is 1.92 bits per heavy atom. The number of nitrogens with one attached hydrogen (secondary N) is 1. The van der Waals surface area contributed by atoms with Crippen molar-refractivity contribution in [2.75, 3.05) is 19.7 Å². The Bertz CT molecular complexity index is 155. The second-order valence-corrected chi connectivity index (χ2v) is 3.54. The second kappa shape index (κ2) is 4.88. The van der Waals surface area contributed by atoms with Crippen LogP contribution in [-0.4, -0.2) is 58.4 Å². The summed E-state index contributed by atoms with van der Waals surface area (Å²) in [7, 11) is 0. The van der Waals surface area contributed by atoms with Gasteiger partial charge in [-0.2, -0.15) is 0 Å². The van der Waals surface area contributed by atoms with Gasteiger partial charge in [0.2, 0.25) is 0 Å². The fraction of sp³-hybridized carbons (Fsp3) is 1.00. The molecule has 0 aromatic heterocycles. The molecule has 0 spiro atoms. The van der Waals surface area contributed by atoms with Crippen LogP contribution >= 0.6 is 0 Å². The molecule has 0 aromatic rings. The highest BCUT2D eigenvalue weighted by atomic mass is 16.3. The van der Waals surface area contributed by atoms with Gasteiger partial charge in [-0.05, 0) is 6.42 Å². The minimum absolute atomic E-state index is 0.197. The molecule has 0 bridgehead atoms. The van der Waals surface area contributed by atoms with Crippen molar-refractivity contribution in [3.05, 3.63) is 0 Å². The quantitative estimate of drug-likeness (QED) is 0.337. The Balaban J connectivity index is 2.48. The van der Waals surface area contributed by atoms with E-state index in [4.69, 9.17) is 5.11 Å². The third kappa shape index (κ3) is 2.89. The van der Waals surface area contributed by atoms with Crippen LogP contribution in [0.5, 0.6) is 0 Å². The van der Waals surface area contributed by atoms with Crippen LogP contribution in [0.15, 0.2) is 0 Å². The normalized spacial score (nSPS) is 38.3. The number of rotatable bonds is 2. The molecule has 4 atom stereocenters. The van der Waals surface area contributed by atoms with Crippen molar-refractivity contribution in [3.63, 3.8) is 0 Å². The van der Waals surface area contributed by atoms with E-state index in [2.05, 4.69) is 5.32 Å². The Morgan fingerprint density at radius 3 is 2.54 bits per heavy atom. The smallest absolute Gasteiger partial charge is 0.0923 e. The van der Waals surface area contributed by atoms with E-state index in [0.29, 0.717) is 19.5 Å². The maximum atomic E-state index is 9.39. The van der Waals surface area contributed by atoms with Gasteiger partial charge in [-0.3, -0.25) is 0 Å². The van der Waals surface area contributed by atoms with E-state index in [-0.39, 0.29) is 12.5 Å². The van der Waals surface area contributed by atoms with E-state index >= 15 is 0 Å². The SMILES string of the molecule is OC[C@@H](O)[C@H]1CNC[C@@H](O)[C@@H](O)C1. The molecule has 1 saturated heterocycles. The summed E-state index contributed by atoms with van der Waals surface area (Å²) in [6.07, 6.45) is -2.11. The summed E-state index contributed by atoms with van der Waals surface area (Å²) in [4.78, 5) is 0. The molecule has 0 radical (unpaired) electrons. The van der Waals surface area contributed by atoms with E-state index < -0.39 is 18.3 Å². The first-order valence-corrected chi connectivity index (χ1v) is 4.51. The van der Waals surface area contributed by atoms with Crippen LogP contribution < -0.4 is 5.32 Å². The average Bonchev–Trinajstić information content (AvgIpc) is 2.28. The lowest BCUT2D eigenvalue weighted by Crippen LogP contribution is -2.32. The van der Waals surface area contributed by atoms with Crippen LogP contribution in [0.4, 0.5) is 0 Å². The molecule has 0 unspecified atom stereocenters. The first kappa shape index (κ1) is 10.9. The fourth-order valence-electron chi connectivity index (χ4n) is 1.55. The Kier molecular flexibility index (Phi) is 4.08. The summed E-state index contributed by atoms with van der Waals surface area (Å²) in [5.41, 5.74) is 0. The third-order valence-corrected chi connectivity index (χ3v) is 2.48. The number of aliphatic hydroxyl groups excluding tert-OH is 4. The van der Waals surface area contributed by atoms with Crippen LogP contribution in [-0.2, 0) is 0 Å². The fourth-order valence-corrected chi connectivity index (χ4v) is 1.55. The molecule has 1 aliphatic rings. The van der Waals surface area contributed by atoms with Gasteiger partial charge in [0.05, 0.1) is 24.9 Å². The van der Waals surface area contributed by atoms with Crippen molar-refractivity contribution < 1.29 is 20.4 Å². The maximum absolute atomic E-state index is 9.39. The van der Waals surface area contributed by atoms with Crippen molar-refractivity contribution in [3.8, 4) is 0 Å². The lowest BCUT2D eigenvalue weighted by atomic mass is 9.95. The first-order chi connectivity index (χ1) is 6.15. The summed E-state index contributed by atoms with van der Waals surface area (Å²) in [5, 5.41) is 39.6. The highest BCUT2D eigenvalue weighted by Gasteiger charge is 2.28. The van der Waals surface area contributed by atoms with Gasteiger partial charge < -0.3 is 25.7 Å². The number of β-amino-alcohol motifs (C(OH)–C–C–N with tert-alkyl or cyclic N) is 1. The van der Waals surface area contributed by atoms with Crippen LogP contribution in [0, 0.1) is 5.92 Å². The zero-order valence-corrected chi connectivity index (χ0v) is 7.43. The lowest BCUT2D eigenvalue weighted by molar-refractivity contribution is -0.00681. The number of hydrogen-bond acceptors (Lipinski definition) is 5. The van der Waals surface area contributed by atoms with Gasteiger partial charge in [-0.15, -0.1) is 0 Å². The maximum Gasteiger partial charge on any atom is 0.0923 e. The molecule has 0 aliphatic carbocycles. The van der Waals surface area contributed by atoms with Crippen LogP contribution in [0.1, 0.15) is 6.42 Å². The van der Waals surface area contributed by atoms with Crippen LogP contribution in [0.3, 0.4) is 0 Å². The van der Waals surface area contributed by atoms with Crippen molar-refractivity contribution >= 4 is 0 Å². The largest absolute Gasteiger partial charge is 0.394 e.